The Morgan fingerprint density at radius 1 is 1.30 bits per heavy atom. The van der Waals surface area contributed by atoms with Gasteiger partial charge < -0.3 is 10.1 Å². The molecule has 0 bridgehead atoms. The molecule has 2 aromatic rings. The van der Waals surface area contributed by atoms with Crippen molar-refractivity contribution < 1.29 is 4.74 Å². The monoisotopic (exact) mass is 313 g/mol. The summed E-state index contributed by atoms with van der Waals surface area (Å²) in [5.41, 5.74) is 2.01. The molecule has 0 saturated carbocycles. The molecule has 0 aliphatic rings. The van der Waals surface area contributed by atoms with Crippen LogP contribution in [0.2, 0.25) is 10.0 Å². The van der Waals surface area contributed by atoms with E-state index in [9.17, 15) is 0 Å². The molecule has 1 aromatic carbocycles. The molecular formula is C14H17Cl2N3O. The average Bonchev–Trinajstić information content (AvgIpc) is 2.81. The van der Waals surface area contributed by atoms with Gasteiger partial charge >= 0.3 is 0 Å². The number of nitrogens with zero attached hydrogens (tertiary/aromatic N) is 2. The van der Waals surface area contributed by atoms with Crippen molar-refractivity contribution in [3.8, 4) is 0 Å². The van der Waals surface area contributed by atoms with Gasteiger partial charge in [0.05, 0.1) is 36.1 Å². The third-order valence-corrected chi connectivity index (χ3v) is 3.65. The number of benzene rings is 1. The maximum absolute atomic E-state index is 6.29. The van der Waals surface area contributed by atoms with Crippen molar-refractivity contribution >= 4 is 23.2 Å². The van der Waals surface area contributed by atoms with Crippen LogP contribution in [0.4, 0.5) is 0 Å². The molecule has 6 heteroatoms. The number of nitrogens with one attached hydrogen (secondary N) is 1. The first-order valence-electron chi connectivity index (χ1n) is 6.30. The van der Waals surface area contributed by atoms with Gasteiger partial charge in [0, 0.05) is 12.1 Å². The lowest BCUT2D eigenvalue weighted by atomic mass is 10.0. The van der Waals surface area contributed by atoms with E-state index >= 15 is 0 Å². The highest BCUT2D eigenvalue weighted by molar-refractivity contribution is 6.31. The molecule has 108 valence electrons. The van der Waals surface area contributed by atoms with Gasteiger partial charge in [-0.25, -0.2) is 0 Å². The highest BCUT2D eigenvalue weighted by Crippen LogP contribution is 2.28. The van der Waals surface area contributed by atoms with Gasteiger partial charge in [-0.1, -0.05) is 35.3 Å². The summed E-state index contributed by atoms with van der Waals surface area (Å²) in [6, 6.07) is 7.65. The fourth-order valence-electron chi connectivity index (χ4n) is 2.13. The van der Waals surface area contributed by atoms with Gasteiger partial charge in [-0.3, -0.25) is 4.68 Å². The Balaban J connectivity index is 2.35. The molecule has 0 amide bonds. The van der Waals surface area contributed by atoms with Crippen LogP contribution in [-0.2, 0) is 11.3 Å². The van der Waals surface area contributed by atoms with Crippen LogP contribution in [0.25, 0.3) is 0 Å². The maximum Gasteiger partial charge on any atom is 0.0837 e. The van der Waals surface area contributed by atoms with Crippen molar-refractivity contribution in [2.45, 2.75) is 12.6 Å². The smallest absolute Gasteiger partial charge is 0.0837 e. The van der Waals surface area contributed by atoms with Crippen LogP contribution in [-0.4, -0.2) is 30.5 Å². The fraction of sp³-hybridized carbons (Fsp3) is 0.357. The predicted molar refractivity (Wildman–Crippen MR) is 81.5 cm³/mol. The van der Waals surface area contributed by atoms with E-state index in [0.29, 0.717) is 23.2 Å². The van der Waals surface area contributed by atoms with Crippen LogP contribution in [0.5, 0.6) is 0 Å². The highest BCUT2D eigenvalue weighted by Gasteiger charge is 2.20. The topological polar surface area (TPSA) is 39.1 Å². The lowest BCUT2D eigenvalue weighted by molar-refractivity contribution is 0.182. The lowest BCUT2D eigenvalue weighted by Gasteiger charge is -2.19. The predicted octanol–water partition coefficient (Wildman–Crippen LogP) is 3.15. The van der Waals surface area contributed by atoms with E-state index in [1.54, 1.807) is 13.3 Å². The first-order chi connectivity index (χ1) is 9.67. The molecule has 1 atom stereocenters. The zero-order chi connectivity index (χ0) is 14.5. The second-order valence-corrected chi connectivity index (χ2v) is 5.21. The van der Waals surface area contributed by atoms with Gasteiger partial charge in [0.2, 0.25) is 0 Å². The molecule has 0 saturated heterocycles. The van der Waals surface area contributed by atoms with Crippen LogP contribution >= 0.6 is 23.2 Å². The van der Waals surface area contributed by atoms with Gasteiger partial charge in [0.1, 0.15) is 0 Å². The number of hydrogen-bond acceptors (Lipinski definition) is 3. The third kappa shape index (κ3) is 3.33. The molecule has 0 fully saturated rings. The molecule has 1 unspecified atom stereocenters. The standard InChI is InChI=1S/C14H17Cl2N3O/c1-17-13(10-3-5-11(15)6-4-10)14-12(16)9-18-19(14)7-8-20-2/h3-6,9,13,17H,7-8H2,1-2H3. The number of halogens is 2. The van der Waals surface area contributed by atoms with Crippen molar-refractivity contribution in [2.24, 2.45) is 0 Å². The zero-order valence-corrected chi connectivity index (χ0v) is 12.9. The van der Waals surface area contributed by atoms with E-state index in [-0.39, 0.29) is 6.04 Å². The number of methoxy groups -OCH3 is 1. The Kier molecular flexibility index (Phi) is 5.43. The maximum atomic E-state index is 6.29. The minimum atomic E-state index is -0.0425. The summed E-state index contributed by atoms with van der Waals surface area (Å²) in [6.45, 7) is 1.24. The summed E-state index contributed by atoms with van der Waals surface area (Å²) < 4.78 is 6.97. The summed E-state index contributed by atoms with van der Waals surface area (Å²) >= 11 is 12.2. The van der Waals surface area contributed by atoms with Gasteiger partial charge in [-0.2, -0.15) is 5.10 Å². The molecule has 20 heavy (non-hydrogen) atoms. The second kappa shape index (κ2) is 7.09. The van der Waals surface area contributed by atoms with Crippen LogP contribution in [0.3, 0.4) is 0 Å². The van der Waals surface area contributed by atoms with Crippen molar-refractivity contribution in [1.29, 1.82) is 0 Å². The molecule has 1 heterocycles. The minimum absolute atomic E-state index is 0.0425. The van der Waals surface area contributed by atoms with Crippen molar-refractivity contribution in [3.63, 3.8) is 0 Å². The Morgan fingerprint density at radius 3 is 2.60 bits per heavy atom. The molecule has 1 N–H and O–H groups in total. The van der Waals surface area contributed by atoms with E-state index in [1.807, 2.05) is 36.0 Å². The van der Waals surface area contributed by atoms with Gasteiger partial charge in [-0.15, -0.1) is 0 Å². The Morgan fingerprint density at radius 2 is 2.00 bits per heavy atom. The third-order valence-electron chi connectivity index (χ3n) is 3.11. The lowest BCUT2D eigenvalue weighted by Crippen LogP contribution is -2.23. The number of hydrogen-bond donors (Lipinski definition) is 1. The zero-order valence-electron chi connectivity index (χ0n) is 11.4. The van der Waals surface area contributed by atoms with Crippen LogP contribution in [0.1, 0.15) is 17.3 Å². The Hall–Kier alpha value is -1.07. The van der Waals surface area contributed by atoms with Gasteiger partial charge in [0.15, 0.2) is 0 Å². The summed E-state index contributed by atoms with van der Waals surface area (Å²) in [5, 5.41) is 8.92. The van der Waals surface area contributed by atoms with E-state index < -0.39 is 0 Å². The van der Waals surface area contributed by atoms with Crippen molar-refractivity contribution in [2.75, 3.05) is 20.8 Å². The molecule has 2 rings (SSSR count). The van der Waals surface area contributed by atoms with Gasteiger partial charge in [0.25, 0.3) is 0 Å². The average molecular weight is 314 g/mol. The number of rotatable bonds is 6. The van der Waals surface area contributed by atoms with Crippen LogP contribution < -0.4 is 5.32 Å². The normalized spacial score (nSPS) is 12.6. The van der Waals surface area contributed by atoms with E-state index in [1.165, 1.54) is 0 Å². The quantitative estimate of drug-likeness (QED) is 0.890. The largest absolute Gasteiger partial charge is 0.383 e. The van der Waals surface area contributed by atoms with E-state index in [4.69, 9.17) is 27.9 Å². The SMILES string of the molecule is CNC(c1ccc(Cl)cc1)c1c(Cl)cnn1CCOC. The highest BCUT2D eigenvalue weighted by atomic mass is 35.5. The molecule has 4 nitrogen and oxygen atoms in total. The Bertz CT molecular complexity index is 554. The number of aromatic nitrogens is 2. The molecule has 1 aromatic heterocycles. The fourth-order valence-corrected chi connectivity index (χ4v) is 2.51. The molecule has 0 spiro atoms. The summed E-state index contributed by atoms with van der Waals surface area (Å²) in [4.78, 5) is 0. The van der Waals surface area contributed by atoms with Crippen molar-refractivity contribution in [3.05, 3.63) is 51.8 Å². The first-order valence-corrected chi connectivity index (χ1v) is 7.05. The summed E-state index contributed by atoms with van der Waals surface area (Å²) in [5.74, 6) is 0. The molecule has 0 aliphatic carbocycles. The van der Waals surface area contributed by atoms with Crippen LogP contribution in [0.15, 0.2) is 30.5 Å². The molecule has 0 aliphatic heterocycles. The van der Waals surface area contributed by atoms with E-state index in [0.717, 1.165) is 11.3 Å². The molecular weight excluding hydrogens is 297 g/mol. The minimum Gasteiger partial charge on any atom is -0.383 e. The number of ether oxygens (including phenoxy) is 1. The van der Waals surface area contributed by atoms with Crippen molar-refractivity contribution in [1.82, 2.24) is 15.1 Å². The van der Waals surface area contributed by atoms with E-state index in [2.05, 4.69) is 10.4 Å². The molecule has 0 radical (unpaired) electrons. The van der Waals surface area contributed by atoms with Gasteiger partial charge in [-0.05, 0) is 24.7 Å². The first kappa shape index (κ1) is 15.3. The second-order valence-electron chi connectivity index (χ2n) is 4.37. The summed E-state index contributed by atoms with van der Waals surface area (Å²) in [7, 11) is 3.56. The summed E-state index contributed by atoms with van der Waals surface area (Å²) in [6.07, 6.45) is 1.66. The Labute approximate surface area is 128 Å². The van der Waals surface area contributed by atoms with Crippen LogP contribution in [0, 0.1) is 0 Å².